The van der Waals surface area contributed by atoms with E-state index in [1.165, 1.54) is 26.0 Å². The van der Waals surface area contributed by atoms with Gasteiger partial charge in [-0.2, -0.15) is 27.1 Å². The number of hydrogen-bond donors (Lipinski definition) is 1. The highest BCUT2D eigenvalue weighted by atomic mass is 32.2. The number of fused-ring (bicyclic) bond motifs is 1. The number of rotatable bonds is 9. The lowest BCUT2D eigenvalue weighted by molar-refractivity contribution is -0.242. The summed E-state index contributed by atoms with van der Waals surface area (Å²) in [4.78, 5) is 11.7. The van der Waals surface area contributed by atoms with Crippen molar-refractivity contribution < 1.29 is 53.1 Å². The minimum absolute atomic E-state index is 0.0565. The van der Waals surface area contributed by atoms with Gasteiger partial charge >= 0.3 is 18.8 Å². The van der Waals surface area contributed by atoms with Crippen molar-refractivity contribution in [3.05, 3.63) is 30.1 Å². The quantitative estimate of drug-likeness (QED) is 0.385. The van der Waals surface area contributed by atoms with Crippen LogP contribution in [0.15, 0.2) is 29.3 Å². The minimum Gasteiger partial charge on any atom is -0.486 e. The van der Waals surface area contributed by atoms with Crippen molar-refractivity contribution in [1.82, 2.24) is 9.78 Å². The number of halogens is 5. The van der Waals surface area contributed by atoms with Crippen LogP contribution in [0.1, 0.15) is 52.3 Å². The van der Waals surface area contributed by atoms with Crippen LogP contribution in [0.2, 0.25) is 0 Å². The lowest BCUT2D eigenvalue weighted by Crippen LogP contribution is -2.51. The molecule has 1 aliphatic heterocycles. The SMILES string of the molecule is Cc1nn(C(F)F)cc1S(=O)(=O)N1c2cc(NC(=O)OC(C)(C)C(F)(F)F)ccc2O[C@@H](CCS(=O)(=O)C2CC2)[C@H]1C. The first-order valence-electron chi connectivity index (χ1n) is 12.7. The van der Waals surface area contributed by atoms with E-state index in [1.807, 2.05) is 0 Å². The second-order valence-corrected chi connectivity index (χ2v) is 14.8. The molecule has 2 atom stereocenters. The van der Waals surface area contributed by atoms with Crippen LogP contribution >= 0.6 is 0 Å². The van der Waals surface area contributed by atoms with E-state index in [9.17, 15) is 43.6 Å². The maximum atomic E-state index is 13.9. The van der Waals surface area contributed by atoms with Crippen molar-refractivity contribution in [3.63, 3.8) is 0 Å². The van der Waals surface area contributed by atoms with Crippen LogP contribution in [0.25, 0.3) is 0 Å². The summed E-state index contributed by atoms with van der Waals surface area (Å²) in [6.07, 6.45) is -5.69. The van der Waals surface area contributed by atoms with Crippen molar-refractivity contribution in [2.24, 2.45) is 0 Å². The van der Waals surface area contributed by atoms with E-state index in [-0.39, 0.29) is 39.7 Å². The predicted molar refractivity (Wildman–Crippen MR) is 140 cm³/mol. The standard InChI is InChI=1S/C24H29F5N4O7S2/c1-13-20(12-32(31-13)21(25)26)42(37,38)33-14(2)18(9-10-41(35,36)16-6-7-16)39-19-8-5-15(11-17(19)33)30-22(34)40-23(3,4)24(27,28)29/h5,8,11-12,14,16,18,21H,6-7,9-10H2,1-4H3,(H,30,34)/t14-,18+/m1/s1. The van der Waals surface area contributed by atoms with Crippen LogP contribution in [-0.4, -0.2) is 67.6 Å². The van der Waals surface area contributed by atoms with Crippen LogP contribution in [0, 0.1) is 6.92 Å². The van der Waals surface area contributed by atoms with Crippen LogP contribution in [0.4, 0.5) is 38.1 Å². The number of anilines is 2. The Morgan fingerprint density at radius 1 is 1.19 bits per heavy atom. The van der Waals surface area contributed by atoms with Gasteiger partial charge < -0.3 is 9.47 Å². The van der Waals surface area contributed by atoms with Crippen LogP contribution in [0.5, 0.6) is 5.75 Å². The number of aromatic nitrogens is 2. The summed E-state index contributed by atoms with van der Waals surface area (Å²) in [5, 5.41) is 5.23. The third-order valence-corrected chi connectivity index (χ3v) is 11.3. The monoisotopic (exact) mass is 644 g/mol. The van der Waals surface area contributed by atoms with Crippen molar-refractivity contribution in [2.75, 3.05) is 15.4 Å². The van der Waals surface area contributed by atoms with Gasteiger partial charge in [-0.15, -0.1) is 0 Å². The Labute approximate surface area is 238 Å². The number of hydrogen-bond acceptors (Lipinski definition) is 8. The summed E-state index contributed by atoms with van der Waals surface area (Å²) in [7, 11) is -8.09. The Bertz CT molecular complexity index is 1570. The minimum atomic E-state index is -4.88. The highest BCUT2D eigenvalue weighted by Gasteiger charge is 2.51. The molecule has 2 aromatic rings. The summed E-state index contributed by atoms with van der Waals surface area (Å²) in [5.41, 5.74) is -3.42. The van der Waals surface area contributed by atoms with Crippen LogP contribution < -0.4 is 14.4 Å². The number of alkyl halides is 5. The maximum Gasteiger partial charge on any atom is 0.427 e. The largest absolute Gasteiger partial charge is 0.486 e. The topological polar surface area (TPSA) is 137 Å². The zero-order valence-corrected chi connectivity index (χ0v) is 24.5. The van der Waals surface area contributed by atoms with Gasteiger partial charge in [-0.25, -0.2) is 26.3 Å². The second kappa shape index (κ2) is 10.8. The molecule has 1 N–H and O–H groups in total. The number of nitrogens with zero attached hydrogens (tertiary/aromatic N) is 3. The molecule has 4 rings (SSSR count). The molecule has 1 amide bonds. The molecule has 1 aromatic carbocycles. The summed E-state index contributed by atoms with van der Waals surface area (Å²) in [5.74, 6) is -0.336. The average Bonchev–Trinajstić information content (AvgIpc) is 3.63. The van der Waals surface area contributed by atoms with Gasteiger partial charge in [0, 0.05) is 12.1 Å². The summed E-state index contributed by atoms with van der Waals surface area (Å²) >= 11 is 0. The third kappa shape index (κ3) is 6.28. The van der Waals surface area contributed by atoms with Gasteiger partial charge in [-0.1, -0.05) is 0 Å². The average molecular weight is 645 g/mol. The van der Waals surface area contributed by atoms with E-state index in [4.69, 9.17) is 4.74 Å². The first-order valence-corrected chi connectivity index (χ1v) is 15.9. The molecule has 0 bridgehead atoms. The Kier molecular flexibility index (Phi) is 8.20. The number of sulfonamides is 1. The molecule has 2 heterocycles. The van der Waals surface area contributed by atoms with Crippen molar-refractivity contribution in [1.29, 1.82) is 0 Å². The highest BCUT2D eigenvalue weighted by Crippen LogP contribution is 2.43. The van der Waals surface area contributed by atoms with E-state index >= 15 is 0 Å². The first-order chi connectivity index (χ1) is 19.2. The molecule has 1 saturated carbocycles. The predicted octanol–water partition coefficient (Wildman–Crippen LogP) is 4.79. The third-order valence-electron chi connectivity index (χ3n) is 6.99. The van der Waals surface area contributed by atoms with Crippen LogP contribution in [0.3, 0.4) is 0 Å². The Morgan fingerprint density at radius 3 is 2.38 bits per heavy atom. The number of carbonyl (C=O) groups is 1. The van der Waals surface area contributed by atoms with Crippen molar-refractivity contribution >= 4 is 37.3 Å². The van der Waals surface area contributed by atoms with E-state index in [0.717, 1.165) is 10.4 Å². The lowest BCUT2D eigenvalue weighted by Gasteiger charge is -2.41. The molecule has 1 aliphatic carbocycles. The first kappa shape index (κ1) is 31.8. The van der Waals surface area contributed by atoms with Crippen molar-refractivity contribution in [2.45, 2.75) is 87.6 Å². The molecule has 11 nitrogen and oxygen atoms in total. The molecule has 42 heavy (non-hydrogen) atoms. The number of amides is 1. The Balaban J connectivity index is 1.71. The van der Waals surface area contributed by atoms with Gasteiger partial charge in [0.15, 0.2) is 9.84 Å². The van der Waals surface area contributed by atoms with Crippen LogP contribution in [-0.2, 0) is 24.6 Å². The number of aryl methyl sites for hydroxylation is 1. The zero-order chi connectivity index (χ0) is 31.4. The fourth-order valence-electron chi connectivity index (χ4n) is 4.38. The maximum absolute atomic E-state index is 13.9. The van der Waals surface area contributed by atoms with Gasteiger partial charge in [0.1, 0.15) is 16.7 Å². The zero-order valence-electron chi connectivity index (χ0n) is 22.9. The number of carbonyl (C=O) groups excluding carboxylic acids is 1. The number of nitrogens with one attached hydrogen (secondary N) is 1. The van der Waals surface area contributed by atoms with E-state index in [0.29, 0.717) is 32.9 Å². The van der Waals surface area contributed by atoms with E-state index in [2.05, 4.69) is 15.2 Å². The number of sulfone groups is 1. The molecular formula is C24H29F5N4O7S2. The Hall–Kier alpha value is -3.15. The van der Waals surface area contributed by atoms with Gasteiger partial charge in [-0.05, 0) is 58.7 Å². The molecule has 0 spiro atoms. The second-order valence-electron chi connectivity index (χ2n) is 10.6. The molecule has 0 radical (unpaired) electrons. The molecular weight excluding hydrogens is 615 g/mol. The molecule has 1 fully saturated rings. The van der Waals surface area contributed by atoms with Crippen molar-refractivity contribution in [3.8, 4) is 5.75 Å². The molecule has 0 saturated heterocycles. The Morgan fingerprint density at radius 2 is 1.83 bits per heavy atom. The number of ether oxygens (including phenoxy) is 2. The molecule has 0 unspecified atom stereocenters. The summed E-state index contributed by atoms with van der Waals surface area (Å²) < 4.78 is 130. The van der Waals surface area contributed by atoms with Gasteiger partial charge in [0.05, 0.1) is 34.6 Å². The highest BCUT2D eigenvalue weighted by molar-refractivity contribution is 7.93. The number of benzene rings is 1. The smallest absolute Gasteiger partial charge is 0.427 e. The molecule has 18 heteroatoms. The normalized spacial score (nSPS) is 19.8. The van der Waals surface area contributed by atoms with Gasteiger partial charge in [0.2, 0.25) is 5.60 Å². The van der Waals surface area contributed by atoms with Gasteiger partial charge in [0.25, 0.3) is 10.0 Å². The van der Waals surface area contributed by atoms with E-state index in [1.54, 1.807) is 0 Å². The fraction of sp³-hybridized carbons (Fsp3) is 0.583. The lowest BCUT2D eigenvalue weighted by atomic mass is 10.1. The fourth-order valence-corrected chi connectivity index (χ4v) is 7.97. The molecule has 1 aromatic heterocycles. The van der Waals surface area contributed by atoms with E-state index < -0.39 is 66.6 Å². The molecule has 2 aliphatic rings. The molecule has 234 valence electrons. The van der Waals surface area contributed by atoms with Gasteiger partial charge in [-0.3, -0.25) is 9.62 Å². The summed E-state index contributed by atoms with van der Waals surface area (Å²) in [6, 6.07) is 2.48. The summed E-state index contributed by atoms with van der Waals surface area (Å²) in [6.45, 7) is 0.810.